The number of halogens is 1. The summed E-state index contributed by atoms with van der Waals surface area (Å²) in [5.74, 6) is 0.392. The Bertz CT molecular complexity index is 439. The lowest BCUT2D eigenvalue weighted by atomic mass is 9.89. The number of carbonyl (C=O) groups excluding carboxylic acids is 1. The third-order valence-electron chi connectivity index (χ3n) is 2.97. The van der Waals surface area contributed by atoms with Crippen molar-refractivity contribution >= 4 is 21.8 Å². The van der Waals surface area contributed by atoms with Crippen LogP contribution in [0.25, 0.3) is 0 Å². The SMILES string of the molecule is CC(Oc1ccc(Br)cc1)C(=O)NCC(O)C(C)(C)C. The van der Waals surface area contributed by atoms with E-state index < -0.39 is 12.2 Å². The summed E-state index contributed by atoms with van der Waals surface area (Å²) in [6.45, 7) is 7.67. The van der Waals surface area contributed by atoms with E-state index >= 15 is 0 Å². The Hall–Kier alpha value is -1.07. The first kappa shape index (κ1) is 17.0. The van der Waals surface area contributed by atoms with Crippen LogP contribution in [0.5, 0.6) is 5.75 Å². The highest BCUT2D eigenvalue weighted by atomic mass is 79.9. The standard InChI is InChI=1S/C15H22BrNO3/c1-10(20-12-7-5-11(16)6-8-12)14(19)17-9-13(18)15(2,3)4/h5-8,10,13,18H,9H2,1-4H3,(H,17,19). The molecule has 20 heavy (non-hydrogen) atoms. The number of nitrogens with one attached hydrogen (secondary N) is 1. The first-order valence-corrected chi connectivity index (χ1v) is 7.37. The average molecular weight is 344 g/mol. The van der Waals surface area contributed by atoms with Gasteiger partial charge in [-0.25, -0.2) is 0 Å². The first-order valence-electron chi connectivity index (χ1n) is 6.58. The molecule has 0 aliphatic carbocycles. The molecule has 0 aromatic heterocycles. The Morgan fingerprint density at radius 1 is 1.35 bits per heavy atom. The fraction of sp³-hybridized carbons (Fsp3) is 0.533. The minimum Gasteiger partial charge on any atom is -0.481 e. The molecule has 2 N–H and O–H groups in total. The predicted molar refractivity (Wildman–Crippen MR) is 82.7 cm³/mol. The van der Waals surface area contributed by atoms with Crippen molar-refractivity contribution in [1.82, 2.24) is 5.32 Å². The van der Waals surface area contributed by atoms with Gasteiger partial charge in [-0.1, -0.05) is 36.7 Å². The highest BCUT2D eigenvalue weighted by molar-refractivity contribution is 9.10. The minimum atomic E-state index is -0.608. The number of hydrogen-bond acceptors (Lipinski definition) is 3. The highest BCUT2D eigenvalue weighted by Crippen LogP contribution is 2.19. The molecule has 0 bridgehead atoms. The topological polar surface area (TPSA) is 58.6 Å². The van der Waals surface area contributed by atoms with Crippen LogP contribution in [-0.4, -0.2) is 29.8 Å². The molecule has 5 heteroatoms. The minimum absolute atomic E-state index is 0.219. The van der Waals surface area contributed by atoms with Crippen LogP contribution in [0.3, 0.4) is 0 Å². The van der Waals surface area contributed by atoms with Crippen molar-refractivity contribution in [3.63, 3.8) is 0 Å². The largest absolute Gasteiger partial charge is 0.481 e. The van der Waals surface area contributed by atoms with Crippen molar-refractivity contribution in [2.75, 3.05) is 6.54 Å². The van der Waals surface area contributed by atoms with Gasteiger partial charge >= 0.3 is 0 Å². The molecule has 0 fully saturated rings. The summed E-state index contributed by atoms with van der Waals surface area (Å²) in [4.78, 5) is 11.9. The van der Waals surface area contributed by atoms with Gasteiger partial charge in [0.15, 0.2) is 6.10 Å². The van der Waals surface area contributed by atoms with Gasteiger partial charge in [-0.05, 0) is 36.6 Å². The smallest absolute Gasteiger partial charge is 0.260 e. The summed E-state index contributed by atoms with van der Waals surface area (Å²) in [6, 6.07) is 7.28. The second-order valence-electron chi connectivity index (χ2n) is 5.84. The monoisotopic (exact) mass is 343 g/mol. The molecule has 4 nitrogen and oxygen atoms in total. The molecule has 1 rings (SSSR count). The molecule has 0 saturated heterocycles. The van der Waals surface area contributed by atoms with Crippen molar-refractivity contribution in [2.45, 2.75) is 39.9 Å². The lowest BCUT2D eigenvalue weighted by Gasteiger charge is -2.26. The number of rotatable bonds is 5. The fourth-order valence-electron chi connectivity index (χ4n) is 1.42. The zero-order valence-corrected chi connectivity index (χ0v) is 13.9. The van der Waals surface area contributed by atoms with Crippen LogP contribution < -0.4 is 10.1 Å². The van der Waals surface area contributed by atoms with Crippen LogP contribution >= 0.6 is 15.9 Å². The molecule has 2 unspecified atom stereocenters. The van der Waals surface area contributed by atoms with Gasteiger partial charge in [-0.3, -0.25) is 4.79 Å². The van der Waals surface area contributed by atoms with E-state index in [0.717, 1.165) is 4.47 Å². The summed E-state index contributed by atoms with van der Waals surface area (Å²) < 4.78 is 6.49. The predicted octanol–water partition coefficient (Wildman–Crippen LogP) is 2.74. The van der Waals surface area contributed by atoms with Gasteiger partial charge in [0.25, 0.3) is 5.91 Å². The number of aliphatic hydroxyl groups is 1. The maximum Gasteiger partial charge on any atom is 0.260 e. The van der Waals surface area contributed by atoms with E-state index in [-0.39, 0.29) is 17.9 Å². The summed E-state index contributed by atoms with van der Waals surface area (Å²) >= 11 is 3.34. The molecular formula is C15H22BrNO3. The normalized spacial score (nSPS) is 14.5. The van der Waals surface area contributed by atoms with E-state index in [0.29, 0.717) is 5.75 Å². The van der Waals surface area contributed by atoms with E-state index in [9.17, 15) is 9.90 Å². The molecule has 2 atom stereocenters. The van der Waals surface area contributed by atoms with Crippen molar-refractivity contribution < 1.29 is 14.6 Å². The molecular weight excluding hydrogens is 322 g/mol. The van der Waals surface area contributed by atoms with E-state index in [1.54, 1.807) is 19.1 Å². The van der Waals surface area contributed by atoms with Crippen LogP contribution in [0.1, 0.15) is 27.7 Å². The summed E-state index contributed by atoms with van der Waals surface area (Å²) in [5, 5.41) is 12.6. The van der Waals surface area contributed by atoms with Crippen molar-refractivity contribution in [2.24, 2.45) is 5.41 Å². The molecule has 112 valence electrons. The average Bonchev–Trinajstić information content (AvgIpc) is 2.36. The lowest BCUT2D eigenvalue weighted by molar-refractivity contribution is -0.128. The number of aliphatic hydroxyl groups excluding tert-OH is 1. The maximum atomic E-state index is 11.9. The fourth-order valence-corrected chi connectivity index (χ4v) is 1.68. The first-order chi connectivity index (χ1) is 9.20. The Kier molecular flexibility index (Phi) is 6.02. The van der Waals surface area contributed by atoms with Gasteiger partial charge in [-0.2, -0.15) is 0 Å². The quantitative estimate of drug-likeness (QED) is 0.864. The third-order valence-corrected chi connectivity index (χ3v) is 3.49. The van der Waals surface area contributed by atoms with E-state index in [1.807, 2.05) is 32.9 Å². The second kappa shape index (κ2) is 7.09. The van der Waals surface area contributed by atoms with Crippen LogP contribution in [0.4, 0.5) is 0 Å². The van der Waals surface area contributed by atoms with E-state index in [4.69, 9.17) is 4.74 Å². The second-order valence-corrected chi connectivity index (χ2v) is 6.76. The van der Waals surface area contributed by atoms with Crippen LogP contribution in [0.15, 0.2) is 28.7 Å². The van der Waals surface area contributed by atoms with Gasteiger partial charge in [0.05, 0.1) is 6.10 Å². The Labute approximate surface area is 128 Å². The zero-order valence-electron chi connectivity index (χ0n) is 12.3. The highest BCUT2D eigenvalue weighted by Gasteiger charge is 2.23. The van der Waals surface area contributed by atoms with E-state index in [1.165, 1.54) is 0 Å². The van der Waals surface area contributed by atoms with Crippen LogP contribution in [-0.2, 0) is 4.79 Å². The Morgan fingerprint density at radius 2 is 1.90 bits per heavy atom. The number of ether oxygens (including phenoxy) is 1. The van der Waals surface area contributed by atoms with E-state index in [2.05, 4.69) is 21.2 Å². The molecule has 0 heterocycles. The van der Waals surface area contributed by atoms with Gasteiger partial charge in [0, 0.05) is 11.0 Å². The van der Waals surface area contributed by atoms with Gasteiger partial charge < -0.3 is 15.2 Å². The number of amides is 1. The number of hydrogen-bond donors (Lipinski definition) is 2. The molecule has 0 spiro atoms. The summed E-state index contributed by atoms with van der Waals surface area (Å²) in [6.07, 6.45) is -1.20. The Morgan fingerprint density at radius 3 is 2.40 bits per heavy atom. The molecule has 0 aliphatic rings. The van der Waals surface area contributed by atoms with Crippen molar-refractivity contribution in [1.29, 1.82) is 0 Å². The van der Waals surface area contributed by atoms with Crippen molar-refractivity contribution in [3.05, 3.63) is 28.7 Å². The summed E-state index contributed by atoms with van der Waals surface area (Å²) in [5.41, 5.74) is -0.261. The van der Waals surface area contributed by atoms with Gasteiger partial charge in [0.2, 0.25) is 0 Å². The molecule has 0 aliphatic heterocycles. The summed E-state index contributed by atoms with van der Waals surface area (Å²) in [7, 11) is 0. The van der Waals surface area contributed by atoms with Crippen LogP contribution in [0, 0.1) is 5.41 Å². The zero-order chi connectivity index (χ0) is 15.3. The molecule has 1 aromatic rings. The molecule has 0 radical (unpaired) electrons. The third kappa shape index (κ3) is 5.51. The van der Waals surface area contributed by atoms with Crippen molar-refractivity contribution in [3.8, 4) is 5.75 Å². The molecule has 1 amide bonds. The van der Waals surface area contributed by atoms with Gasteiger partial charge in [-0.15, -0.1) is 0 Å². The van der Waals surface area contributed by atoms with Gasteiger partial charge in [0.1, 0.15) is 5.75 Å². The number of benzene rings is 1. The van der Waals surface area contributed by atoms with Crippen LogP contribution in [0.2, 0.25) is 0 Å². The lowest BCUT2D eigenvalue weighted by Crippen LogP contribution is -2.43. The molecule has 1 aromatic carbocycles. The Balaban J connectivity index is 2.45. The molecule has 0 saturated carbocycles. The maximum absolute atomic E-state index is 11.9. The number of carbonyl (C=O) groups is 1.